The molecule has 0 saturated carbocycles. The molecule has 20 heavy (non-hydrogen) atoms. The van der Waals surface area contributed by atoms with Gasteiger partial charge in [0.15, 0.2) is 12.4 Å². The van der Waals surface area contributed by atoms with Gasteiger partial charge in [-0.05, 0) is 49.1 Å². The molecule has 0 aliphatic heterocycles. The van der Waals surface area contributed by atoms with Crippen LogP contribution in [0.5, 0.6) is 5.75 Å². The fourth-order valence-corrected chi connectivity index (χ4v) is 2.61. The number of carboxylic acids is 1. The number of carboxylic acid groups (broad SMARTS) is 1. The maximum atomic E-state index is 11.7. The van der Waals surface area contributed by atoms with E-state index in [0.29, 0.717) is 17.2 Å². The molecule has 5 heteroatoms. The lowest BCUT2D eigenvalue weighted by Gasteiger charge is -2.23. The Balaban J connectivity index is 2.29. The molecule has 1 unspecified atom stereocenters. The first-order valence-electron chi connectivity index (χ1n) is 6.29. The normalized spacial score (nSPS) is 18.6. The van der Waals surface area contributed by atoms with Crippen LogP contribution in [0, 0.1) is 0 Å². The van der Waals surface area contributed by atoms with E-state index in [-0.39, 0.29) is 11.7 Å². The van der Waals surface area contributed by atoms with Gasteiger partial charge in [0.25, 0.3) is 0 Å². The minimum Gasteiger partial charge on any atom is -0.482 e. The van der Waals surface area contributed by atoms with Crippen LogP contribution in [0.15, 0.2) is 29.8 Å². The number of aliphatic carboxylic acids is 1. The molecule has 0 radical (unpaired) electrons. The first kappa shape index (κ1) is 14.6. The van der Waals surface area contributed by atoms with Crippen LogP contribution in [-0.4, -0.2) is 23.5 Å². The average molecular weight is 295 g/mol. The van der Waals surface area contributed by atoms with E-state index in [2.05, 4.69) is 0 Å². The van der Waals surface area contributed by atoms with E-state index in [1.54, 1.807) is 24.3 Å². The molecule has 1 aliphatic rings. The van der Waals surface area contributed by atoms with Crippen LogP contribution in [0.1, 0.15) is 31.2 Å². The van der Waals surface area contributed by atoms with Crippen molar-refractivity contribution in [2.75, 3.05) is 6.61 Å². The molecule has 1 aromatic carbocycles. The minimum absolute atomic E-state index is 0.0185. The van der Waals surface area contributed by atoms with Crippen molar-refractivity contribution < 1.29 is 19.4 Å². The summed E-state index contributed by atoms with van der Waals surface area (Å²) in [6.45, 7) is 1.50. The molecule has 0 aromatic heterocycles. The molecule has 1 N–H and O–H groups in total. The van der Waals surface area contributed by atoms with Crippen molar-refractivity contribution in [2.24, 2.45) is 0 Å². The van der Waals surface area contributed by atoms with E-state index in [1.165, 1.54) is 0 Å². The summed E-state index contributed by atoms with van der Waals surface area (Å²) in [5.74, 6) is -0.510. The van der Waals surface area contributed by atoms with Crippen LogP contribution in [-0.2, 0) is 9.59 Å². The quantitative estimate of drug-likeness (QED) is 0.926. The van der Waals surface area contributed by atoms with Gasteiger partial charge in [-0.3, -0.25) is 4.79 Å². The summed E-state index contributed by atoms with van der Waals surface area (Å²) in [5.41, 5.74) is 1.80. The molecule has 0 fully saturated rings. The first-order valence-corrected chi connectivity index (χ1v) is 6.67. The number of rotatable bonds is 4. The topological polar surface area (TPSA) is 63.6 Å². The zero-order valence-corrected chi connectivity index (χ0v) is 11.8. The van der Waals surface area contributed by atoms with E-state index in [9.17, 15) is 9.59 Å². The van der Waals surface area contributed by atoms with Gasteiger partial charge in [0.2, 0.25) is 0 Å². The Hall–Kier alpha value is -1.81. The van der Waals surface area contributed by atoms with Crippen LogP contribution in [0.3, 0.4) is 0 Å². The molecule has 0 bridgehead atoms. The summed E-state index contributed by atoms with van der Waals surface area (Å²) in [6, 6.07) is 5.05. The Morgan fingerprint density at radius 3 is 2.85 bits per heavy atom. The predicted molar refractivity (Wildman–Crippen MR) is 75.3 cm³/mol. The monoisotopic (exact) mass is 294 g/mol. The lowest BCUT2D eigenvalue weighted by atomic mass is 9.83. The molecule has 4 nitrogen and oxygen atoms in total. The Labute approximate surface area is 122 Å². The second-order valence-electron chi connectivity index (χ2n) is 4.93. The third-order valence-corrected chi connectivity index (χ3v) is 3.42. The van der Waals surface area contributed by atoms with Crippen molar-refractivity contribution in [2.45, 2.75) is 25.7 Å². The third kappa shape index (κ3) is 3.61. The van der Waals surface area contributed by atoms with Crippen molar-refractivity contribution in [3.8, 4) is 5.75 Å². The maximum absolute atomic E-state index is 11.7. The third-order valence-electron chi connectivity index (χ3n) is 3.19. The number of carbonyl (C=O) groups is 2. The molecule has 1 atom stereocenters. The van der Waals surface area contributed by atoms with Crippen molar-refractivity contribution in [1.29, 1.82) is 0 Å². The van der Waals surface area contributed by atoms with Gasteiger partial charge in [0.1, 0.15) is 5.75 Å². The number of allylic oxidation sites excluding steroid dienone is 2. The summed E-state index contributed by atoms with van der Waals surface area (Å²) in [7, 11) is 0. The summed E-state index contributed by atoms with van der Waals surface area (Å²) in [4.78, 5) is 22.3. The minimum atomic E-state index is -1.04. The van der Waals surface area contributed by atoms with Gasteiger partial charge < -0.3 is 9.84 Å². The molecule has 0 heterocycles. The smallest absolute Gasteiger partial charge is 0.341 e. The Morgan fingerprint density at radius 2 is 2.20 bits per heavy atom. The Bertz CT molecular complexity index is 577. The van der Waals surface area contributed by atoms with E-state index in [4.69, 9.17) is 21.4 Å². The largest absolute Gasteiger partial charge is 0.482 e. The van der Waals surface area contributed by atoms with Crippen molar-refractivity contribution in [1.82, 2.24) is 0 Å². The number of benzene rings is 1. The predicted octanol–water partition coefficient (Wildman–Crippen LogP) is 3.20. The molecule has 2 rings (SSSR count). The van der Waals surface area contributed by atoms with E-state index < -0.39 is 12.6 Å². The fraction of sp³-hybridized carbons (Fsp3) is 0.333. The van der Waals surface area contributed by atoms with E-state index >= 15 is 0 Å². The molecular weight excluding hydrogens is 280 g/mol. The SMILES string of the molecule is CC1=CC(=O)CC(c2cc(Cl)ccc2OCC(=O)O)C1. The molecular formula is C15H15ClO4. The summed E-state index contributed by atoms with van der Waals surface area (Å²) >= 11 is 6.00. The molecule has 0 amide bonds. The number of hydrogen-bond donors (Lipinski definition) is 1. The van der Waals surface area contributed by atoms with Crippen molar-refractivity contribution >= 4 is 23.4 Å². The van der Waals surface area contributed by atoms with Crippen LogP contribution in [0.2, 0.25) is 5.02 Å². The molecule has 0 spiro atoms. The van der Waals surface area contributed by atoms with Crippen molar-refractivity contribution in [3.63, 3.8) is 0 Å². The first-order chi connectivity index (χ1) is 9.45. The number of ketones is 1. The second kappa shape index (κ2) is 6.09. The van der Waals surface area contributed by atoms with Gasteiger partial charge in [-0.2, -0.15) is 0 Å². The van der Waals surface area contributed by atoms with Gasteiger partial charge in [-0.1, -0.05) is 17.2 Å². The highest BCUT2D eigenvalue weighted by Gasteiger charge is 2.23. The van der Waals surface area contributed by atoms with Crippen LogP contribution < -0.4 is 4.74 Å². The maximum Gasteiger partial charge on any atom is 0.341 e. The Kier molecular flexibility index (Phi) is 4.45. The van der Waals surface area contributed by atoms with Crippen LogP contribution in [0.25, 0.3) is 0 Å². The summed E-state index contributed by atoms with van der Waals surface area (Å²) < 4.78 is 5.29. The van der Waals surface area contributed by atoms with Gasteiger partial charge >= 0.3 is 5.97 Å². The average Bonchev–Trinajstić information content (AvgIpc) is 2.36. The number of halogens is 1. The van der Waals surface area contributed by atoms with Gasteiger partial charge in [0.05, 0.1) is 0 Å². The summed E-state index contributed by atoms with van der Waals surface area (Å²) in [6.07, 6.45) is 2.79. The highest BCUT2D eigenvalue weighted by molar-refractivity contribution is 6.30. The van der Waals surface area contributed by atoms with Gasteiger partial charge in [-0.15, -0.1) is 0 Å². The van der Waals surface area contributed by atoms with E-state index in [1.807, 2.05) is 6.92 Å². The van der Waals surface area contributed by atoms with E-state index in [0.717, 1.165) is 17.6 Å². The molecule has 106 valence electrons. The lowest BCUT2D eigenvalue weighted by Crippen LogP contribution is -2.15. The zero-order valence-electron chi connectivity index (χ0n) is 11.1. The highest BCUT2D eigenvalue weighted by atomic mass is 35.5. The standard InChI is InChI=1S/C15H15ClO4/c1-9-4-10(6-12(17)5-9)13-7-11(16)2-3-14(13)20-8-15(18)19/h2-3,5,7,10H,4,6,8H2,1H3,(H,18,19). The van der Waals surface area contributed by atoms with Gasteiger partial charge in [0, 0.05) is 11.4 Å². The number of hydrogen-bond acceptors (Lipinski definition) is 3. The second-order valence-corrected chi connectivity index (χ2v) is 5.36. The molecule has 1 aliphatic carbocycles. The molecule has 0 saturated heterocycles. The highest BCUT2D eigenvalue weighted by Crippen LogP contribution is 2.37. The number of carbonyl (C=O) groups excluding carboxylic acids is 1. The van der Waals surface area contributed by atoms with Crippen molar-refractivity contribution in [3.05, 3.63) is 40.4 Å². The number of ether oxygens (including phenoxy) is 1. The molecule has 1 aromatic rings. The summed E-state index contributed by atoms with van der Waals surface area (Å²) in [5, 5.41) is 9.24. The van der Waals surface area contributed by atoms with Gasteiger partial charge in [-0.25, -0.2) is 4.79 Å². The zero-order chi connectivity index (χ0) is 14.7. The Morgan fingerprint density at radius 1 is 1.45 bits per heavy atom. The van der Waals surface area contributed by atoms with Crippen LogP contribution in [0.4, 0.5) is 0 Å². The fourth-order valence-electron chi connectivity index (χ4n) is 2.43. The van der Waals surface area contributed by atoms with Crippen LogP contribution >= 0.6 is 11.6 Å². The lowest BCUT2D eigenvalue weighted by molar-refractivity contribution is -0.139.